The maximum Gasteiger partial charge on any atom is 0.0863 e. The van der Waals surface area contributed by atoms with Crippen LogP contribution in [-0.2, 0) is 16.1 Å². The Labute approximate surface area is 108 Å². The lowest BCUT2D eigenvalue weighted by atomic mass is 10.2. The van der Waals surface area contributed by atoms with Crippen molar-refractivity contribution in [3.63, 3.8) is 0 Å². The summed E-state index contributed by atoms with van der Waals surface area (Å²) in [6.45, 7) is 5.05. The van der Waals surface area contributed by atoms with Gasteiger partial charge in [0.15, 0.2) is 0 Å². The average molecular weight is 249 g/mol. The molecule has 1 N–H and O–H groups in total. The summed E-state index contributed by atoms with van der Waals surface area (Å²) in [5.74, 6) is 0. The first-order chi connectivity index (χ1) is 8.86. The number of ether oxygens (including phenoxy) is 2. The van der Waals surface area contributed by atoms with Crippen LogP contribution in [-0.4, -0.2) is 30.7 Å². The third-order valence-electron chi connectivity index (χ3n) is 2.32. The second kappa shape index (κ2) is 9.39. The number of benzene rings is 1. The van der Waals surface area contributed by atoms with Gasteiger partial charge in [-0.1, -0.05) is 36.4 Å². The SMILES string of the molecule is C=CCO[C@H](C/C=N/O)COCc1ccccc1. The summed E-state index contributed by atoms with van der Waals surface area (Å²) in [5.41, 5.74) is 1.12. The van der Waals surface area contributed by atoms with E-state index in [0.717, 1.165) is 5.56 Å². The van der Waals surface area contributed by atoms with Crippen LogP contribution in [0.4, 0.5) is 0 Å². The van der Waals surface area contributed by atoms with Gasteiger partial charge in [0.2, 0.25) is 0 Å². The molecule has 0 bridgehead atoms. The summed E-state index contributed by atoms with van der Waals surface area (Å²) in [6.07, 6.45) is 3.47. The monoisotopic (exact) mass is 249 g/mol. The fourth-order valence-electron chi connectivity index (χ4n) is 1.44. The molecule has 0 saturated heterocycles. The molecule has 0 heterocycles. The Balaban J connectivity index is 2.29. The van der Waals surface area contributed by atoms with Crippen molar-refractivity contribution in [2.75, 3.05) is 13.2 Å². The fraction of sp³-hybridized carbons (Fsp3) is 0.357. The molecule has 1 aromatic rings. The summed E-state index contributed by atoms with van der Waals surface area (Å²) in [5, 5.41) is 11.4. The lowest BCUT2D eigenvalue weighted by Crippen LogP contribution is -2.20. The van der Waals surface area contributed by atoms with E-state index in [4.69, 9.17) is 14.7 Å². The van der Waals surface area contributed by atoms with Crippen molar-refractivity contribution in [3.05, 3.63) is 48.6 Å². The molecule has 98 valence electrons. The molecule has 1 rings (SSSR count). The third kappa shape index (κ3) is 6.18. The van der Waals surface area contributed by atoms with Crippen LogP contribution in [0, 0.1) is 0 Å². The predicted molar refractivity (Wildman–Crippen MR) is 70.9 cm³/mol. The Kier molecular flexibility index (Phi) is 7.52. The molecule has 0 unspecified atom stereocenters. The zero-order valence-corrected chi connectivity index (χ0v) is 10.4. The number of rotatable bonds is 9. The second-order valence-electron chi connectivity index (χ2n) is 3.78. The van der Waals surface area contributed by atoms with Crippen molar-refractivity contribution in [2.24, 2.45) is 5.16 Å². The highest BCUT2D eigenvalue weighted by Gasteiger charge is 2.07. The summed E-state index contributed by atoms with van der Waals surface area (Å²) >= 11 is 0. The first-order valence-corrected chi connectivity index (χ1v) is 5.87. The molecule has 0 saturated carbocycles. The van der Waals surface area contributed by atoms with Gasteiger partial charge in [0.1, 0.15) is 0 Å². The molecule has 0 spiro atoms. The van der Waals surface area contributed by atoms with Crippen LogP contribution in [0.5, 0.6) is 0 Å². The largest absolute Gasteiger partial charge is 0.411 e. The van der Waals surface area contributed by atoms with Crippen LogP contribution >= 0.6 is 0 Å². The summed E-state index contributed by atoms with van der Waals surface area (Å²) in [6, 6.07) is 9.94. The highest BCUT2D eigenvalue weighted by atomic mass is 16.5. The molecular formula is C14H19NO3. The zero-order valence-electron chi connectivity index (χ0n) is 10.4. The molecule has 0 aliphatic carbocycles. The van der Waals surface area contributed by atoms with Gasteiger partial charge in [-0.05, 0) is 5.56 Å². The Hall–Kier alpha value is -1.65. The van der Waals surface area contributed by atoms with Crippen molar-refractivity contribution in [2.45, 2.75) is 19.1 Å². The Morgan fingerprint density at radius 3 is 2.78 bits per heavy atom. The Morgan fingerprint density at radius 2 is 2.11 bits per heavy atom. The molecule has 0 radical (unpaired) electrons. The zero-order chi connectivity index (χ0) is 13.1. The lowest BCUT2D eigenvalue weighted by molar-refractivity contribution is -0.00706. The molecular weight excluding hydrogens is 230 g/mol. The van der Waals surface area contributed by atoms with E-state index in [1.54, 1.807) is 6.08 Å². The molecule has 4 heteroatoms. The van der Waals surface area contributed by atoms with E-state index >= 15 is 0 Å². The van der Waals surface area contributed by atoms with Crippen LogP contribution in [0.15, 0.2) is 48.1 Å². The van der Waals surface area contributed by atoms with Crippen molar-refractivity contribution in [1.29, 1.82) is 0 Å². The fourth-order valence-corrected chi connectivity index (χ4v) is 1.44. The predicted octanol–water partition coefficient (Wildman–Crippen LogP) is 2.62. The van der Waals surface area contributed by atoms with Gasteiger partial charge in [-0.15, -0.1) is 11.7 Å². The van der Waals surface area contributed by atoms with E-state index in [-0.39, 0.29) is 6.10 Å². The van der Waals surface area contributed by atoms with E-state index in [9.17, 15) is 0 Å². The molecule has 1 aromatic carbocycles. The van der Waals surface area contributed by atoms with E-state index < -0.39 is 0 Å². The topological polar surface area (TPSA) is 51.0 Å². The van der Waals surface area contributed by atoms with E-state index in [1.165, 1.54) is 6.21 Å². The van der Waals surface area contributed by atoms with Gasteiger partial charge in [-0.25, -0.2) is 0 Å². The highest BCUT2D eigenvalue weighted by Crippen LogP contribution is 2.04. The number of hydrogen-bond acceptors (Lipinski definition) is 4. The minimum Gasteiger partial charge on any atom is -0.411 e. The maximum absolute atomic E-state index is 8.40. The summed E-state index contributed by atoms with van der Waals surface area (Å²) in [4.78, 5) is 0. The van der Waals surface area contributed by atoms with Crippen molar-refractivity contribution in [3.8, 4) is 0 Å². The number of hydrogen-bond donors (Lipinski definition) is 1. The molecule has 0 aromatic heterocycles. The lowest BCUT2D eigenvalue weighted by Gasteiger charge is -2.15. The number of oxime groups is 1. The molecule has 0 fully saturated rings. The van der Waals surface area contributed by atoms with Crippen molar-refractivity contribution < 1.29 is 14.7 Å². The highest BCUT2D eigenvalue weighted by molar-refractivity contribution is 5.56. The van der Waals surface area contributed by atoms with Gasteiger partial charge in [0.05, 0.1) is 25.9 Å². The average Bonchev–Trinajstić information content (AvgIpc) is 2.42. The van der Waals surface area contributed by atoms with Crippen LogP contribution < -0.4 is 0 Å². The van der Waals surface area contributed by atoms with E-state index in [2.05, 4.69) is 11.7 Å². The Morgan fingerprint density at radius 1 is 1.33 bits per heavy atom. The van der Waals surface area contributed by atoms with Crippen LogP contribution in [0.2, 0.25) is 0 Å². The van der Waals surface area contributed by atoms with E-state index in [0.29, 0.717) is 26.2 Å². The van der Waals surface area contributed by atoms with E-state index in [1.807, 2.05) is 30.3 Å². The molecule has 18 heavy (non-hydrogen) atoms. The Bertz CT molecular complexity index is 351. The molecule has 0 amide bonds. The third-order valence-corrected chi connectivity index (χ3v) is 2.32. The van der Waals surface area contributed by atoms with Gasteiger partial charge in [0.25, 0.3) is 0 Å². The number of nitrogens with zero attached hydrogens (tertiary/aromatic N) is 1. The van der Waals surface area contributed by atoms with Gasteiger partial charge in [0, 0.05) is 12.6 Å². The van der Waals surface area contributed by atoms with Crippen LogP contribution in [0.3, 0.4) is 0 Å². The van der Waals surface area contributed by atoms with Gasteiger partial charge < -0.3 is 14.7 Å². The van der Waals surface area contributed by atoms with Gasteiger partial charge >= 0.3 is 0 Å². The van der Waals surface area contributed by atoms with Crippen molar-refractivity contribution in [1.82, 2.24) is 0 Å². The standard InChI is InChI=1S/C14H19NO3/c1-2-10-18-14(8-9-15-16)12-17-11-13-6-4-3-5-7-13/h2-7,9,14,16H,1,8,10-12H2/b15-9+/t14-/m1/s1. The van der Waals surface area contributed by atoms with Gasteiger partial charge in [-0.2, -0.15) is 0 Å². The summed E-state index contributed by atoms with van der Waals surface area (Å²) < 4.78 is 11.1. The maximum atomic E-state index is 8.40. The molecule has 1 atom stereocenters. The second-order valence-corrected chi connectivity index (χ2v) is 3.78. The normalized spacial score (nSPS) is 12.7. The van der Waals surface area contributed by atoms with Gasteiger partial charge in [-0.3, -0.25) is 0 Å². The minimum absolute atomic E-state index is 0.123. The quantitative estimate of drug-likeness (QED) is 0.317. The first-order valence-electron chi connectivity index (χ1n) is 5.87. The first kappa shape index (κ1) is 14.4. The minimum atomic E-state index is -0.123. The van der Waals surface area contributed by atoms with Crippen LogP contribution in [0.25, 0.3) is 0 Å². The molecule has 0 aliphatic heterocycles. The smallest absolute Gasteiger partial charge is 0.0863 e. The molecule has 4 nitrogen and oxygen atoms in total. The summed E-state index contributed by atoms with van der Waals surface area (Å²) in [7, 11) is 0. The molecule has 0 aliphatic rings. The van der Waals surface area contributed by atoms with Crippen molar-refractivity contribution >= 4 is 6.21 Å². The van der Waals surface area contributed by atoms with Crippen LogP contribution in [0.1, 0.15) is 12.0 Å².